The highest BCUT2D eigenvalue weighted by Crippen LogP contribution is 2.17. The lowest BCUT2D eigenvalue weighted by Gasteiger charge is -2.04. The zero-order valence-corrected chi connectivity index (χ0v) is 11.6. The average Bonchev–Trinajstić information content (AvgIpc) is 2.68. The molecule has 2 nitrogen and oxygen atoms in total. The van der Waals surface area contributed by atoms with E-state index in [2.05, 4.69) is 27.9 Å². The zero-order valence-electron chi connectivity index (χ0n) is 8.66. The Morgan fingerprint density at radius 2 is 1.94 bits per heavy atom. The number of hydrogen-bond donors (Lipinski definition) is 1. The van der Waals surface area contributed by atoms with Crippen molar-refractivity contribution < 1.29 is 4.79 Å². The highest BCUT2D eigenvalue weighted by molar-refractivity contribution is 14.1. The van der Waals surface area contributed by atoms with Crippen LogP contribution in [0, 0.1) is 10.5 Å². The molecule has 1 aromatic heterocycles. The minimum absolute atomic E-state index is 0.0417. The summed E-state index contributed by atoms with van der Waals surface area (Å²) in [5.74, 6) is -0.0417. The molecule has 82 valence electrons. The van der Waals surface area contributed by atoms with E-state index in [1.165, 1.54) is 0 Å². The average molecular weight is 343 g/mol. The molecule has 0 fully saturated rings. The summed E-state index contributed by atoms with van der Waals surface area (Å²) in [4.78, 5) is 11.9. The molecule has 0 unspecified atom stereocenters. The van der Waals surface area contributed by atoms with Crippen LogP contribution < -0.4 is 5.32 Å². The van der Waals surface area contributed by atoms with E-state index in [1.54, 1.807) is 11.3 Å². The Labute approximate surface area is 112 Å². The standard InChI is InChI=1S/C12H10INOS/c1-8-6-16-7-11(8)12(15)14-10-4-2-9(13)3-5-10/h2-7H,1H3,(H,14,15). The van der Waals surface area contributed by atoms with E-state index >= 15 is 0 Å². The molecule has 2 rings (SSSR count). The van der Waals surface area contributed by atoms with Crippen molar-refractivity contribution in [1.29, 1.82) is 0 Å². The van der Waals surface area contributed by atoms with Crippen LogP contribution in [-0.4, -0.2) is 5.91 Å². The van der Waals surface area contributed by atoms with Crippen molar-refractivity contribution in [3.63, 3.8) is 0 Å². The summed E-state index contributed by atoms with van der Waals surface area (Å²) in [5, 5.41) is 6.72. The number of thiophene rings is 1. The van der Waals surface area contributed by atoms with Crippen LogP contribution in [0.2, 0.25) is 0 Å². The predicted molar refractivity (Wildman–Crippen MR) is 76.2 cm³/mol. The van der Waals surface area contributed by atoms with Gasteiger partial charge in [-0.3, -0.25) is 4.79 Å². The van der Waals surface area contributed by atoms with Gasteiger partial charge >= 0.3 is 0 Å². The van der Waals surface area contributed by atoms with E-state index in [0.29, 0.717) is 0 Å². The predicted octanol–water partition coefficient (Wildman–Crippen LogP) is 3.91. The number of hydrogen-bond acceptors (Lipinski definition) is 2. The van der Waals surface area contributed by atoms with Crippen LogP contribution in [0.15, 0.2) is 35.0 Å². The Kier molecular flexibility index (Phi) is 3.60. The van der Waals surface area contributed by atoms with Gasteiger partial charge in [-0.15, -0.1) is 0 Å². The van der Waals surface area contributed by atoms with Crippen LogP contribution in [0.3, 0.4) is 0 Å². The van der Waals surface area contributed by atoms with Gasteiger partial charge in [0, 0.05) is 14.6 Å². The first-order valence-electron chi connectivity index (χ1n) is 4.76. The summed E-state index contributed by atoms with van der Waals surface area (Å²) in [5.41, 5.74) is 2.60. The van der Waals surface area contributed by atoms with Crippen molar-refractivity contribution in [2.45, 2.75) is 6.92 Å². The van der Waals surface area contributed by atoms with Gasteiger partial charge in [-0.05, 0) is 64.7 Å². The first-order valence-corrected chi connectivity index (χ1v) is 6.78. The van der Waals surface area contributed by atoms with E-state index in [0.717, 1.165) is 20.4 Å². The molecular formula is C12H10INOS. The smallest absolute Gasteiger partial charge is 0.256 e. The maximum Gasteiger partial charge on any atom is 0.256 e. The Morgan fingerprint density at radius 1 is 1.25 bits per heavy atom. The van der Waals surface area contributed by atoms with Gasteiger partial charge < -0.3 is 5.32 Å². The number of anilines is 1. The van der Waals surface area contributed by atoms with Crippen molar-refractivity contribution in [2.75, 3.05) is 5.32 Å². The molecule has 2 aromatic rings. The lowest BCUT2D eigenvalue weighted by molar-refractivity contribution is 0.102. The second kappa shape index (κ2) is 4.97. The van der Waals surface area contributed by atoms with E-state index in [-0.39, 0.29) is 5.91 Å². The summed E-state index contributed by atoms with van der Waals surface area (Å²) >= 11 is 3.78. The van der Waals surface area contributed by atoms with Crippen LogP contribution in [0.4, 0.5) is 5.69 Å². The van der Waals surface area contributed by atoms with Gasteiger partial charge in [-0.25, -0.2) is 0 Å². The molecule has 1 N–H and O–H groups in total. The molecule has 16 heavy (non-hydrogen) atoms. The third-order valence-electron chi connectivity index (χ3n) is 2.20. The largest absolute Gasteiger partial charge is 0.322 e. The van der Waals surface area contributed by atoms with Crippen LogP contribution in [0.25, 0.3) is 0 Å². The molecule has 1 heterocycles. The highest BCUT2D eigenvalue weighted by atomic mass is 127. The van der Waals surface area contributed by atoms with Gasteiger partial charge in [-0.2, -0.15) is 11.3 Å². The third kappa shape index (κ3) is 2.62. The van der Waals surface area contributed by atoms with Gasteiger partial charge in [-0.1, -0.05) is 0 Å². The van der Waals surface area contributed by atoms with Crippen molar-refractivity contribution in [2.24, 2.45) is 0 Å². The van der Waals surface area contributed by atoms with E-state index in [1.807, 2.05) is 41.9 Å². The number of aryl methyl sites for hydroxylation is 1. The molecule has 0 aliphatic heterocycles. The summed E-state index contributed by atoms with van der Waals surface area (Å²) < 4.78 is 1.15. The van der Waals surface area contributed by atoms with Gasteiger partial charge in [0.2, 0.25) is 0 Å². The Balaban J connectivity index is 2.14. The Morgan fingerprint density at radius 3 is 2.50 bits per heavy atom. The summed E-state index contributed by atoms with van der Waals surface area (Å²) in [6.07, 6.45) is 0. The molecule has 0 aliphatic rings. The van der Waals surface area contributed by atoms with Gasteiger partial charge in [0.05, 0.1) is 5.56 Å². The van der Waals surface area contributed by atoms with Gasteiger partial charge in [0.25, 0.3) is 5.91 Å². The molecular weight excluding hydrogens is 333 g/mol. The minimum atomic E-state index is -0.0417. The zero-order chi connectivity index (χ0) is 11.5. The summed E-state index contributed by atoms with van der Waals surface area (Å²) in [6.45, 7) is 1.94. The van der Waals surface area contributed by atoms with Crippen LogP contribution >= 0.6 is 33.9 Å². The molecule has 0 saturated carbocycles. The fraction of sp³-hybridized carbons (Fsp3) is 0.0833. The summed E-state index contributed by atoms with van der Waals surface area (Å²) in [6, 6.07) is 7.75. The molecule has 0 aliphatic carbocycles. The van der Waals surface area contributed by atoms with E-state index in [4.69, 9.17) is 0 Å². The monoisotopic (exact) mass is 343 g/mol. The van der Waals surface area contributed by atoms with Crippen molar-refractivity contribution in [3.05, 3.63) is 49.7 Å². The number of benzene rings is 1. The quantitative estimate of drug-likeness (QED) is 0.823. The number of nitrogens with one attached hydrogen (secondary N) is 1. The SMILES string of the molecule is Cc1cscc1C(=O)Nc1ccc(I)cc1. The number of halogens is 1. The van der Waals surface area contributed by atoms with Crippen LogP contribution in [0.5, 0.6) is 0 Å². The number of carbonyl (C=O) groups is 1. The molecule has 0 bridgehead atoms. The Hall–Kier alpha value is -0.880. The molecule has 1 amide bonds. The van der Waals surface area contributed by atoms with E-state index in [9.17, 15) is 4.79 Å². The minimum Gasteiger partial charge on any atom is -0.322 e. The highest BCUT2D eigenvalue weighted by Gasteiger charge is 2.09. The summed E-state index contributed by atoms with van der Waals surface area (Å²) in [7, 11) is 0. The fourth-order valence-corrected chi connectivity index (χ4v) is 2.51. The lowest BCUT2D eigenvalue weighted by Crippen LogP contribution is -2.11. The van der Waals surface area contributed by atoms with Gasteiger partial charge in [0.15, 0.2) is 0 Å². The van der Waals surface area contributed by atoms with Crippen molar-refractivity contribution in [3.8, 4) is 0 Å². The van der Waals surface area contributed by atoms with Crippen LogP contribution in [0.1, 0.15) is 15.9 Å². The fourth-order valence-electron chi connectivity index (χ4n) is 1.32. The normalized spacial score (nSPS) is 10.1. The first-order chi connectivity index (χ1) is 7.66. The molecule has 1 aromatic carbocycles. The maximum absolute atomic E-state index is 11.9. The molecule has 0 spiro atoms. The maximum atomic E-state index is 11.9. The van der Waals surface area contributed by atoms with Crippen molar-refractivity contribution in [1.82, 2.24) is 0 Å². The van der Waals surface area contributed by atoms with Crippen LogP contribution in [-0.2, 0) is 0 Å². The first kappa shape index (κ1) is 11.6. The van der Waals surface area contributed by atoms with Crippen molar-refractivity contribution >= 4 is 45.5 Å². The number of rotatable bonds is 2. The molecule has 4 heteroatoms. The second-order valence-electron chi connectivity index (χ2n) is 3.43. The number of carbonyl (C=O) groups excluding carboxylic acids is 1. The Bertz CT molecular complexity index is 504. The molecule has 0 saturated heterocycles. The lowest BCUT2D eigenvalue weighted by atomic mass is 10.2. The van der Waals surface area contributed by atoms with Gasteiger partial charge in [0.1, 0.15) is 0 Å². The third-order valence-corrected chi connectivity index (χ3v) is 3.78. The molecule has 0 atom stereocenters. The van der Waals surface area contributed by atoms with E-state index < -0.39 is 0 Å². The topological polar surface area (TPSA) is 29.1 Å². The number of amides is 1. The second-order valence-corrected chi connectivity index (χ2v) is 5.42. The molecule has 0 radical (unpaired) electrons.